The summed E-state index contributed by atoms with van der Waals surface area (Å²) in [6.45, 7) is 11.9. The monoisotopic (exact) mass is 239 g/mol. The van der Waals surface area contributed by atoms with Crippen LogP contribution < -0.4 is 0 Å². The third-order valence-corrected chi connectivity index (χ3v) is 4.89. The molecule has 1 heterocycles. The lowest BCUT2D eigenvalue weighted by Gasteiger charge is -2.51. The summed E-state index contributed by atoms with van der Waals surface area (Å²) in [4.78, 5) is 2.66. The average Bonchev–Trinajstić information content (AvgIpc) is 2.20. The van der Waals surface area contributed by atoms with Gasteiger partial charge in [-0.25, -0.2) is 0 Å². The summed E-state index contributed by atoms with van der Waals surface area (Å²) in [5.41, 5.74) is 0.823. The van der Waals surface area contributed by atoms with Gasteiger partial charge in [-0.05, 0) is 49.5 Å². The van der Waals surface area contributed by atoms with Gasteiger partial charge in [0.15, 0.2) is 0 Å². The minimum atomic E-state index is -0.0712. The van der Waals surface area contributed by atoms with Crippen LogP contribution in [-0.2, 0) is 0 Å². The van der Waals surface area contributed by atoms with Gasteiger partial charge in [0.05, 0.1) is 6.10 Å². The van der Waals surface area contributed by atoms with Crippen LogP contribution in [0, 0.1) is 10.8 Å². The predicted octanol–water partition coefficient (Wildman–Crippen LogP) is 3.05. The van der Waals surface area contributed by atoms with Crippen molar-refractivity contribution in [1.29, 1.82) is 0 Å². The lowest BCUT2D eigenvalue weighted by atomic mass is 9.70. The first kappa shape index (κ1) is 13.4. The first-order chi connectivity index (χ1) is 7.80. The Bertz CT molecular complexity index is 272. The van der Waals surface area contributed by atoms with Crippen LogP contribution in [0.15, 0.2) is 0 Å². The van der Waals surface area contributed by atoms with Crippen LogP contribution in [0.3, 0.4) is 0 Å². The first-order valence-corrected chi connectivity index (χ1v) is 7.22. The van der Waals surface area contributed by atoms with Crippen LogP contribution >= 0.6 is 0 Å². The molecule has 0 aromatic heterocycles. The summed E-state index contributed by atoms with van der Waals surface area (Å²) in [5, 5.41) is 9.95. The Morgan fingerprint density at radius 3 is 2.47 bits per heavy atom. The zero-order valence-corrected chi connectivity index (χ0v) is 12.0. The van der Waals surface area contributed by atoms with E-state index in [-0.39, 0.29) is 6.10 Å². The van der Waals surface area contributed by atoms with E-state index in [0.717, 1.165) is 19.3 Å². The molecule has 100 valence electrons. The van der Waals surface area contributed by atoms with Crippen LogP contribution in [0.1, 0.15) is 59.8 Å². The molecule has 1 N–H and O–H groups in total. The molecule has 2 unspecified atom stereocenters. The van der Waals surface area contributed by atoms with Crippen LogP contribution in [0.2, 0.25) is 0 Å². The van der Waals surface area contributed by atoms with E-state index in [1.165, 1.54) is 25.9 Å². The van der Waals surface area contributed by atoms with Crippen molar-refractivity contribution in [2.24, 2.45) is 10.8 Å². The fraction of sp³-hybridized carbons (Fsp3) is 1.00. The number of aliphatic hydroxyl groups excluding tert-OH is 1. The smallest absolute Gasteiger partial charge is 0.0555 e. The van der Waals surface area contributed by atoms with Crippen LogP contribution in [0.5, 0.6) is 0 Å². The highest BCUT2D eigenvalue weighted by Crippen LogP contribution is 2.41. The molecule has 0 aromatic rings. The standard InChI is InChI=1S/C15H29NO/c1-14(2)7-5-9-16(11-14)13-10-12(17)6-8-15(13,3)4/h12-13,17H,5-11H2,1-4H3. The second kappa shape index (κ2) is 4.55. The van der Waals surface area contributed by atoms with E-state index in [1.54, 1.807) is 0 Å². The largest absolute Gasteiger partial charge is 0.393 e. The molecule has 2 heteroatoms. The lowest BCUT2D eigenvalue weighted by molar-refractivity contribution is -0.0387. The Morgan fingerprint density at radius 2 is 1.82 bits per heavy atom. The van der Waals surface area contributed by atoms with E-state index >= 15 is 0 Å². The molecule has 2 nitrogen and oxygen atoms in total. The molecule has 0 spiro atoms. The number of rotatable bonds is 1. The Hall–Kier alpha value is -0.0800. The highest BCUT2D eigenvalue weighted by molar-refractivity contribution is 4.95. The van der Waals surface area contributed by atoms with Gasteiger partial charge < -0.3 is 5.11 Å². The molecule has 2 aliphatic rings. The molecule has 1 aliphatic heterocycles. The molecular formula is C15H29NO. The lowest BCUT2D eigenvalue weighted by Crippen LogP contribution is -2.54. The molecule has 0 bridgehead atoms. The summed E-state index contributed by atoms with van der Waals surface area (Å²) < 4.78 is 0. The molecule has 0 aromatic carbocycles. The summed E-state index contributed by atoms with van der Waals surface area (Å²) in [7, 11) is 0. The van der Waals surface area contributed by atoms with Gasteiger partial charge in [0.1, 0.15) is 0 Å². The van der Waals surface area contributed by atoms with Crippen LogP contribution in [-0.4, -0.2) is 35.2 Å². The molecule has 2 atom stereocenters. The van der Waals surface area contributed by atoms with Gasteiger partial charge in [0, 0.05) is 12.6 Å². The molecule has 2 fully saturated rings. The van der Waals surface area contributed by atoms with E-state index in [0.29, 0.717) is 16.9 Å². The van der Waals surface area contributed by atoms with Gasteiger partial charge in [-0.2, -0.15) is 0 Å². The fourth-order valence-corrected chi connectivity index (χ4v) is 3.78. The summed E-state index contributed by atoms with van der Waals surface area (Å²) >= 11 is 0. The van der Waals surface area contributed by atoms with Gasteiger partial charge in [-0.15, -0.1) is 0 Å². The molecule has 1 saturated carbocycles. The summed E-state index contributed by atoms with van der Waals surface area (Å²) in [6, 6.07) is 0.575. The van der Waals surface area contributed by atoms with Crippen molar-refractivity contribution in [2.75, 3.05) is 13.1 Å². The number of hydrogen-bond acceptors (Lipinski definition) is 2. The number of nitrogens with zero attached hydrogens (tertiary/aromatic N) is 1. The first-order valence-electron chi connectivity index (χ1n) is 7.22. The van der Waals surface area contributed by atoms with Gasteiger partial charge in [0.25, 0.3) is 0 Å². The van der Waals surface area contributed by atoms with Gasteiger partial charge >= 0.3 is 0 Å². The Morgan fingerprint density at radius 1 is 1.12 bits per heavy atom. The second-order valence-electron chi connectivity index (χ2n) is 7.67. The normalized spacial score (nSPS) is 37.9. The van der Waals surface area contributed by atoms with Crippen molar-refractivity contribution in [3.63, 3.8) is 0 Å². The maximum Gasteiger partial charge on any atom is 0.0555 e. The third kappa shape index (κ3) is 3.03. The molecular weight excluding hydrogens is 210 g/mol. The third-order valence-electron chi connectivity index (χ3n) is 4.89. The molecule has 17 heavy (non-hydrogen) atoms. The fourth-order valence-electron chi connectivity index (χ4n) is 3.78. The Labute approximate surface area is 106 Å². The van der Waals surface area contributed by atoms with Crippen molar-refractivity contribution in [1.82, 2.24) is 4.90 Å². The second-order valence-corrected chi connectivity index (χ2v) is 7.67. The van der Waals surface area contributed by atoms with E-state index in [4.69, 9.17) is 0 Å². The average molecular weight is 239 g/mol. The van der Waals surface area contributed by atoms with Crippen molar-refractivity contribution >= 4 is 0 Å². The minimum absolute atomic E-state index is 0.0712. The molecule has 0 amide bonds. The van der Waals surface area contributed by atoms with Crippen molar-refractivity contribution in [3.05, 3.63) is 0 Å². The van der Waals surface area contributed by atoms with Crippen LogP contribution in [0.4, 0.5) is 0 Å². The highest BCUT2D eigenvalue weighted by Gasteiger charge is 2.41. The summed E-state index contributed by atoms with van der Waals surface area (Å²) in [5.74, 6) is 0. The number of aliphatic hydroxyl groups is 1. The maximum atomic E-state index is 9.95. The van der Waals surface area contributed by atoms with Gasteiger partial charge in [-0.3, -0.25) is 4.90 Å². The van der Waals surface area contributed by atoms with Gasteiger partial charge in [-0.1, -0.05) is 27.7 Å². The van der Waals surface area contributed by atoms with Crippen LogP contribution in [0.25, 0.3) is 0 Å². The predicted molar refractivity (Wildman–Crippen MR) is 72.0 cm³/mol. The molecule has 2 rings (SSSR count). The zero-order valence-electron chi connectivity index (χ0n) is 12.0. The zero-order chi connectivity index (χ0) is 12.7. The number of likely N-dealkylation sites (tertiary alicyclic amines) is 1. The molecule has 0 radical (unpaired) electrons. The van der Waals surface area contributed by atoms with Gasteiger partial charge in [0.2, 0.25) is 0 Å². The van der Waals surface area contributed by atoms with E-state index in [2.05, 4.69) is 32.6 Å². The topological polar surface area (TPSA) is 23.5 Å². The van der Waals surface area contributed by atoms with Crippen molar-refractivity contribution in [2.45, 2.75) is 71.9 Å². The Balaban J connectivity index is 2.08. The Kier molecular flexibility index (Phi) is 3.57. The highest BCUT2D eigenvalue weighted by atomic mass is 16.3. The van der Waals surface area contributed by atoms with E-state index in [1.807, 2.05) is 0 Å². The quantitative estimate of drug-likeness (QED) is 0.760. The van der Waals surface area contributed by atoms with E-state index < -0.39 is 0 Å². The number of piperidine rings is 1. The SMILES string of the molecule is CC1(C)CCCN(C2CC(O)CCC2(C)C)C1. The summed E-state index contributed by atoms with van der Waals surface area (Å²) in [6.07, 6.45) is 5.71. The van der Waals surface area contributed by atoms with Crippen molar-refractivity contribution < 1.29 is 5.11 Å². The van der Waals surface area contributed by atoms with E-state index in [9.17, 15) is 5.11 Å². The number of hydrogen-bond donors (Lipinski definition) is 1. The maximum absolute atomic E-state index is 9.95. The molecule has 1 aliphatic carbocycles. The van der Waals surface area contributed by atoms with Crippen molar-refractivity contribution in [3.8, 4) is 0 Å². The molecule has 1 saturated heterocycles. The minimum Gasteiger partial charge on any atom is -0.393 e.